The second kappa shape index (κ2) is 5.40. The Bertz CT molecular complexity index is 806. The highest BCUT2D eigenvalue weighted by atomic mass is 16.3. The number of aromatic nitrogens is 4. The van der Waals surface area contributed by atoms with Crippen LogP contribution in [0.4, 0.5) is 0 Å². The molecule has 0 aliphatic carbocycles. The summed E-state index contributed by atoms with van der Waals surface area (Å²) in [6.45, 7) is -1.84. The predicted molar refractivity (Wildman–Crippen MR) is 71.2 cm³/mol. The summed E-state index contributed by atoms with van der Waals surface area (Å²) in [5.74, 6) is 0. The van der Waals surface area contributed by atoms with Gasteiger partial charge in [-0.15, -0.1) is 0 Å². The number of hydrogen-bond donors (Lipinski definition) is 1. The molecule has 0 saturated carbocycles. The van der Waals surface area contributed by atoms with Gasteiger partial charge in [-0.3, -0.25) is 13.9 Å². The van der Waals surface area contributed by atoms with E-state index in [2.05, 4.69) is 4.98 Å². The van der Waals surface area contributed by atoms with Crippen molar-refractivity contribution in [2.45, 2.75) is 25.8 Å². The van der Waals surface area contributed by atoms with Gasteiger partial charge in [-0.05, 0) is 19.2 Å². The number of nitrogens with zero attached hydrogens (tertiary/aromatic N) is 4. The van der Waals surface area contributed by atoms with E-state index in [1.165, 1.54) is 22.5 Å². The molecule has 0 saturated heterocycles. The number of hydrogen-bond acceptors (Lipinski definition) is 4. The van der Waals surface area contributed by atoms with Crippen LogP contribution < -0.4 is 11.2 Å². The van der Waals surface area contributed by atoms with Gasteiger partial charge in [0.1, 0.15) is 0 Å². The van der Waals surface area contributed by atoms with Gasteiger partial charge in [0.15, 0.2) is 11.2 Å². The predicted octanol–water partition coefficient (Wildman–Crippen LogP) is -0.404. The molecule has 2 aromatic heterocycles. The Morgan fingerprint density at radius 2 is 2.11 bits per heavy atom. The van der Waals surface area contributed by atoms with Crippen LogP contribution in [-0.2, 0) is 20.6 Å². The van der Waals surface area contributed by atoms with E-state index in [1.54, 1.807) is 7.05 Å². The van der Waals surface area contributed by atoms with Crippen molar-refractivity contribution in [1.82, 2.24) is 18.7 Å². The molecular weight excluding hydrogens is 248 g/mol. The molecule has 0 aromatic carbocycles. The quantitative estimate of drug-likeness (QED) is 0.800. The third kappa shape index (κ3) is 2.33. The molecule has 1 atom stereocenters. The first-order valence-electron chi connectivity index (χ1n) is 7.45. The molecule has 19 heavy (non-hydrogen) atoms. The average Bonchev–Trinajstić information content (AvgIpc) is 2.82. The molecule has 0 bridgehead atoms. The normalized spacial score (nSPS) is 16.1. The summed E-state index contributed by atoms with van der Waals surface area (Å²) in [5.41, 5.74) is -0.412. The Hall–Kier alpha value is -1.89. The molecule has 0 aliphatic heterocycles. The molecule has 2 heterocycles. The van der Waals surface area contributed by atoms with Gasteiger partial charge in [-0.2, -0.15) is 0 Å². The van der Waals surface area contributed by atoms with Gasteiger partial charge in [-0.1, -0.05) is 0 Å². The first-order valence-corrected chi connectivity index (χ1v) is 5.88. The molecule has 0 fully saturated rings. The lowest BCUT2D eigenvalue weighted by Gasteiger charge is -2.08. The lowest BCUT2D eigenvalue weighted by Crippen LogP contribution is -2.39. The molecule has 0 radical (unpaired) electrons. The van der Waals surface area contributed by atoms with E-state index in [1.807, 2.05) is 0 Å². The van der Waals surface area contributed by atoms with Crippen molar-refractivity contribution in [3.05, 3.63) is 27.2 Å². The van der Waals surface area contributed by atoms with Crippen LogP contribution in [0, 0.1) is 0 Å². The molecule has 1 N–H and O–H groups in total. The van der Waals surface area contributed by atoms with Gasteiger partial charge >= 0.3 is 5.69 Å². The third-order valence-corrected chi connectivity index (χ3v) is 3.00. The fourth-order valence-corrected chi connectivity index (χ4v) is 2.00. The Balaban J connectivity index is 2.35. The van der Waals surface area contributed by atoms with E-state index < -0.39 is 24.2 Å². The Labute approximate surface area is 113 Å². The van der Waals surface area contributed by atoms with Crippen LogP contribution in [0.2, 0.25) is 0 Å². The van der Waals surface area contributed by atoms with Crippen LogP contribution in [0.1, 0.15) is 23.3 Å². The Morgan fingerprint density at radius 1 is 1.37 bits per heavy atom. The minimum atomic E-state index is -2.08. The van der Waals surface area contributed by atoms with Crippen LogP contribution >= 0.6 is 0 Å². The first-order chi connectivity index (χ1) is 10.2. The van der Waals surface area contributed by atoms with E-state index in [9.17, 15) is 9.59 Å². The topological polar surface area (TPSA) is 82.1 Å². The zero-order valence-electron chi connectivity index (χ0n) is 13.8. The summed E-state index contributed by atoms with van der Waals surface area (Å²) in [6, 6.07) is 0. The van der Waals surface area contributed by atoms with E-state index in [-0.39, 0.29) is 19.4 Å². The van der Waals surface area contributed by atoms with Gasteiger partial charge < -0.3 is 9.67 Å². The van der Waals surface area contributed by atoms with Gasteiger partial charge in [0.25, 0.3) is 5.56 Å². The minimum absolute atomic E-state index is 0.0128. The summed E-state index contributed by atoms with van der Waals surface area (Å²) in [6.07, 6.45) is -0.603. The molecule has 0 amide bonds. The van der Waals surface area contributed by atoms with E-state index in [4.69, 9.17) is 9.22 Å². The van der Waals surface area contributed by atoms with Gasteiger partial charge in [0.05, 0.1) is 7.70 Å². The molecule has 7 nitrogen and oxygen atoms in total. The minimum Gasteiger partial charge on any atom is -0.396 e. The summed E-state index contributed by atoms with van der Waals surface area (Å²) >= 11 is 0. The van der Waals surface area contributed by atoms with Crippen molar-refractivity contribution in [2.24, 2.45) is 14.1 Å². The highest BCUT2D eigenvalue weighted by Crippen LogP contribution is 2.03. The second-order valence-electron chi connectivity index (χ2n) is 4.26. The number of aliphatic hydroxyl groups excluding tert-OH is 1. The smallest absolute Gasteiger partial charge is 0.332 e. The lowest BCUT2D eigenvalue weighted by molar-refractivity contribution is 0.281. The van der Waals surface area contributed by atoms with Crippen LogP contribution in [0.15, 0.2) is 15.9 Å². The van der Waals surface area contributed by atoms with Gasteiger partial charge in [0.2, 0.25) is 0 Å². The van der Waals surface area contributed by atoms with Crippen LogP contribution in [0.5, 0.6) is 0 Å². The number of aryl methyl sites for hydroxylation is 2. The van der Waals surface area contributed by atoms with Crippen molar-refractivity contribution in [1.29, 1.82) is 0 Å². The molecule has 1 unspecified atom stereocenters. The Morgan fingerprint density at radius 3 is 2.79 bits per heavy atom. The summed E-state index contributed by atoms with van der Waals surface area (Å²) < 4.78 is 25.8. The van der Waals surface area contributed by atoms with Crippen LogP contribution in [0.25, 0.3) is 11.2 Å². The van der Waals surface area contributed by atoms with Crippen molar-refractivity contribution in [2.75, 3.05) is 6.58 Å². The Kier molecular flexibility index (Phi) is 2.83. The van der Waals surface area contributed by atoms with Crippen LogP contribution in [-0.4, -0.2) is 30.4 Å². The van der Waals surface area contributed by atoms with Gasteiger partial charge in [-0.25, -0.2) is 9.78 Å². The number of imidazole rings is 1. The summed E-state index contributed by atoms with van der Waals surface area (Å²) in [7, 11) is 3.17. The monoisotopic (exact) mass is 269 g/mol. The first kappa shape index (κ1) is 9.96. The third-order valence-electron chi connectivity index (χ3n) is 3.00. The standard InChI is InChI=1S/C12H18N4O3/c1-14-8-13-10-9(14)11(18)16(12(19)15(10)2)6-4-3-5-7-17/h8,17H,3-7H2,1-2H3/i5D2,7D. The SMILES string of the molecule is [2H]C(O)C([2H])([2H])CCCn1c(=O)c2c(ncn2C)n(C)c1=O. The maximum absolute atomic E-state index is 12.4. The lowest BCUT2D eigenvalue weighted by atomic mass is 10.2. The van der Waals surface area contributed by atoms with Gasteiger partial charge in [0, 0.05) is 30.0 Å². The van der Waals surface area contributed by atoms with E-state index >= 15 is 0 Å². The molecule has 0 aliphatic rings. The summed E-state index contributed by atoms with van der Waals surface area (Å²) in [4.78, 5) is 28.6. The zero-order chi connectivity index (χ0) is 16.7. The maximum Gasteiger partial charge on any atom is 0.332 e. The van der Waals surface area contributed by atoms with Crippen molar-refractivity contribution < 1.29 is 9.22 Å². The van der Waals surface area contributed by atoms with Crippen molar-refractivity contribution in [3.8, 4) is 0 Å². The summed E-state index contributed by atoms with van der Waals surface area (Å²) in [5, 5.41) is 9.03. The van der Waals surface area contributed by atoms with Crippen molar-refractivity contribution in [3.63, 3.8) is 0 Å². The highest BCUT2D eigenvalue weighted by molar-refractivity contribution is 5.69. The molecular formula is C12H18N4O3. The number of rotatable bonds is 5. The average molecular weight is 269 g/mol. The maximum atomic E-state index is 12.4. The molecule has 0 spiro atoms. The molecule has 104 valence electrons. The molecule has 7 heteroatoms. The number of aliphatic hydroxyl groups is 1. The largest absolute Gasteiger partial charge is 0.396 e. The molecule has 2 aromatic rings. The fourth-order valence-electron chi connectivity index (χ4n) is 2.00. The van der Waals surface area contributed by atoms with E-state index in [0.29, 0.717) is 11.2 Å². The van der Waals surface area contributed by atoms with Crippen molar-refractivity contribution >= 4 is 11.2 Å². The van der Waals surface area contributed by atoms with Crippen LogP contribution in [0.3, 0.4) is 0 Å². The second-order valence-corrected chi connectivity index (χ2v) is 4.26. The van der Waals surface area contributed by atoms with E-state index in [0.717, 1.165) is 4.57 Å². The highest BCUT2D eigenvalue weighted by Gasteiger charge is 2.14. The zero-order valence-corrected chi connectivity index (χ0v) is 10.8. The number of fused-ring (bicyclic) bond motifs is 1. The fraction of sp³-hybridized carbons (Fsp3) is 0.583. The molecule has 2 rings (SSSR count).